The summed E-state index contributed by atoms with van der Waals surface area (Å²) in [6.07, 6.45) is 2.07. The summed E-state index contributed by atoms with van der Waals surface area (Å²) in [4.78, 5) is 4.87. The average molecular weight is 287 g/mol. The summed E-state index contributed by atoms with van der Waals surface area (Å²) < 4.78 is 2.31. The van der Waals surface area contributed by atoms with Crippen molar-refractivity contribution in [3.63, 3.8) is 0 Å². The molecule has 1 aromatic carbocycles. The van der Waals surface area contributed by atoms with E-state index in [9.17, 15) is 0 Å². The Bertz CT molecular complexity index is 596. The van der Waals surface area contributed by atoms with Gasteiger partial charge in [-0.2, -0.15) is 0 Å². The number of hydrogen-bond acceptors (Lipinski definition) is 2. The number of nitrogens with zero attached hydrogens (tertiary/aromatic N) is 2. The molecule has 0 bridgehead atoms. The van der Waals surface area contributed by atoms with Crippen molar-refractivity contribution in [2.75, 3.05) is 0 Å². The molecule has 1 atom stereocenters. The third-order valence-corrected chi connectivity index (χ3v) is 3.97. The quantitative estimate of drug-likeness (QED) is 0.842. The van der Waals surface area contributed by atoms with Gasteiger partial charge in [0.25, 0.3) is 0 Å². The first-order valence-corrected chi connectivity index (χ1v) is 8.19. The van der Waals surface area contributed by atoms with Crippen LogP contribution in [0.3, 0.4) is 0 Å². The number of benzene rings is 1. The molecule has 1 aromatic heterocycles. The van der Waals surface area contributed by atoms with Crippen LogP contribution in [-0.4, -0.2) is 9.55 Å². The van der Waals surface area contributed by atoms with E-state index >= 15 is 0 Å². The number of rotatable bonds is 6. The molecule has 0 aliphatic carbocycles. The second-order valence-electron chi connectivity index (χ2n) is 6.76. The maximum absolute atomic E-state index is 6.41. The Hall–Kier alpha value is -1.35. The molecule has 1 heterocycles. The first-order valence-electron chi connectivity index (χ1n) is 8.19. The molecule has 2 aromatic rings. The Balaban J connectivity index is 2.50. The fraction of sp³-hybridized carbons (Fsp3) is 0.611. The Labute approximate surface area is 128 Å². The largest absolute Gasteiger partial charge is 0.327 e. The minimum absolute atomic E-state index is 0.0199. The van der Waals surface area contributed by atoms with Gasteiger partial charge in [0.15, 0.2) is 0 Å². The van der Waals surface area contributed by atoms with Crippen molar-refractivity contribution < 1.29 is 0 Å². The van der Waals surface area contributed by atoms with Gasteiger partial charge in [0.2, 0.25) is 0 Å². The lowest BCUT2D eigenvalue weighted by atomic mass is 10.0. The molecule has 1 unspecified atom stereocenters. The lowest BCUT2D eigenvalue weighted by Gasteiger charge is -2.16. The topological polar surface area (TPSA) is 43.8 Å². The highest BCUT2D eigenvalue weighted by Gasteiger charge is 2.18. The maximum Gasteiger partial charge on any atom is 0.126 e. The number of aromatic nitrogens is 2. The van der Waals surface area contributed by atoms with Crippen molar-refractivity contribution in [1.29, 1.82) is 0 Å². The minimum Gasteiger partial charge on any atom is -0.327 e. The molecule has 116 valence electrons. The molecule has 0 saturated carbocycles. The van der Waals surface area contributed by atoms with Gasteiger partial charge in [-0.3, -0.25) is 0 Å². The number of fused-ring (bicyclic) bond motifs is 1. The third kappa shape index (κ3) is 3.46. The Morgan fingerprint density at radius 3 is 2.48 bits per heavy atom. The normalized spacial score (nSPS) is 13.5. The molecular formula is C18H29N3. The van der Waals surface area contributed by atoms with Gasteiger partial charge >= 0.3 is 0 Å². The zero-order valence-electron chi connectivity index (χ0n) is 14.1. The van der Waals surface area contributed by atoms with Crippen LogP contribution in [0.15, 0.2) is 18.2 Å². The van der Waals surface area contributed by atoms with E-state index in [1.54, 1.807) is 0 Å². The Morgan fingerprint density at radius 1 is 1.19 bits per heavy atom. The molecule has 0 amide bonds. The number of imidazole rings is 1. The highest BCUT2D eigenvalue weighted by molar-refractivity contribution is 5.77. The molecule has 0 fully saturated rings. The first kappa shape index (κ1) is 16.0. The predicted molar refractivity (Wildman–Crippen MR) is 90.5 cm³/mol. The van der Waals surface area contributed by atoms with E-state index in [0.717, 1.165) is 30.7 Å². The van der Waals surface area contributed by atoms with E-state index < -0.39 is 0 Å². The summed E-state index contributed by atoms with van der Waals surface area (Å²) in [5, 5.41) is 0. The molecule has 0 aliphatic rings. The lowest BCUT2D eigenvalue weighted by molar-refractivity contribution is 0.475. The van der Waals surface area contributed by atoms with Crippen LogP contribution in [-0.2, 0) is 6.54 Å². The highest BCUT2D eigenvalue weighted by Crippen LogP contribution is 2.26. The van der Waals surface area contributed by atoms with Gasteiger partial charge < -0.3 is 10.3 Å². The van der Waals surface area contributed by atoms with E-state index in [2.05, 4.69) is 57.4 Å². The number of aryl methyl sites for hydroxylation is 1. The van der Waals surface area contributed by atoms with Crippen molar-refractivity contribution in [3.8, 4) is 0 Å². The van der Waals surface area contributed by atoms with E-state index in [1.807, 2.05) is 0 Å². The van der Waals surface area contributed by atoms with Crippen molar-refractivity contribution in [2.45, 2.75) is 66.0 Å². The van der Waals surface area contributed by atoms with Crippen LogP contribution < -0.4 is 5.73 Å². The lowest BCUT2D eigenvalue weighted by Crippen LogP contribution is -2.18. The Kier molecular flexibility index (Phi) is 5.04. The smallest absolute Gasteiger partial charge is 0.126 e. The molecule has 3 heteroatoms. The van der Waals surface area contributed by atoms with Crippen molar-refractivity contribution in [2.24, 2.45) is 11.7 Å². The summed E-state index contributed by atoms with van der Waals surface area (Å²) in [5.41, 5.74) is 10.1. The van der Waals surface area contributed by atoms with Gasteiger partial charge in [-0.05, 0) is 42.4 Å². The molecule has 0 spiro atoms. The molecule has 2 N–H and O–H groups in total. The molecule has 0 radical (unpaired) electrons. The van der Waals surface area contributed by atoms with E-state index in [-0.39, 0.29) is 6.04 Å². The monoisotopic (exact) mass is 287 g/mol. The summed E-state index contributed by atoms with van der Waals surface area (Å²) in [6.45, 7) is 12.0. The van der Waals surface area contributed by atoms with Gasteiger partial charge in [0.1, 0.15) is 5.82 Å². The van der Waals surface area contributed by atoms with Crippen LogP contribution in [0.5, 0.6) is 0 Å². The second kappa shape index (κ2) is 6.61. The van der Waals surface area contributed by atoms with Crippen LogP contribution in [0.1, 0.15) is 70.8 Å². The maximum atomic E-state index is 6.41. The number of nitrogens with two attached hydrogens (primary N) is 1. The minimum atomic E-state index is 0.0199. The average Bonchev–Trinajstić information content (AvgIpc) is 2.76. The molecule has 3 nitrogen and oxygen atoms in total. The summed E-state index contributed by atoms with van der Waals surface area (Å²) in [7, 11) is 0. The van der Waals surface area contributed by atoms with Crippen molar-refractivity contribution >= 4 is 11.0 Å². The highest BCUT2D eigenvalue weighted by atomic mass is 15.1. The zero-order chi connectivity index (χ0) is 15.6. The molecule has 0 aliphatic heterocycles. The zero-order valence-corrected chi connectivity index (χ0v) is 14.1. The van der Waals surface area contributed by atoms with Gasteiger partial charge in [-0.25, -0.2) is 4.98 Å². The summed E-state index contributed by atoms with van der Waals surface area (Å²) in [6, 6.07) is 6.67. The van der Waals surface area contributed by atoms with Crippen LogP contribution in [0.25, 0.3) is 11.0 Å². The molecule has 2 rings (SSSR count). The fourth-order valence-corrected chi connectivity index (χ4v) is 2.88. The van der Waals surface area contributed by atoms with Gasteiger partial charge in [-0.1, -0.05) is 40.7 Å². The molecule has 21 heavy (non-hydrogen) atoms. The first-order chi connectivity index (χ1) is 9.93. The molecular weight excluding hydrogens is 258 g/mol. The molecule has 0 saturated heterocycles. The second-order valence-corrected chi connectivity index (χ2v) is 6.76. The number of hydrogen-bond donors (Lipinski definition) is 1. The van der Waals surface area contributed by atoms with Crippen molar-refractivity contribution in [3.05, 3.63) is 29.6 Å². The fourth-order valence-electron chi connectivity index (χ4n) is 2.88. The van der Waals surface area contributed by atoms with E-state index in [4.69, 9.17) is 10.7 Å². The Morgan fingerprint density at radius 2 is 1.90 bits per heavy atom. The van der Waals surface area contributed by atoms with Crippen LogP contribution in [0.2, 0.25) is 0 Å². The van der Waals surface area contributed by atoms with Gasteiger partial charge in [0.05, 0.1) is 17.1 Å². The summed E-state index contributed by atoms with van der Waals surface area (Å²) in [5.74, 6) is 2.15. The van der Waals surface area contributed by atoms with Crippen LogP contribution >= 0.6 is 0 Å². The van der Waals surface area contributed by atoms with E-state index in [0.29, 0.717) is 11.8 Å². The SMILES string of the molecule is CCCn1c(C(N)CC(C)C)nc2cc(C(C)C)ccc21. The van der Waals surface area contributed by atoms with Crippen LogP contribution in [0, 0.1) is 5.92 Å². The summed E-state index contributed by atoms with van der Waals surface area (Å²) >= 11 is 0. The standard InChI is InChI=1S/C18H29N3/c1-6-9-21-17-8-7-14(13(4)5)11-16(17)20-18(21)15(19)10-12(2)3/h7-8,11-13,15H,6,9-10,19H2,1-5H3. The third-order valence-electron chi connectivity index (χ3n) is 3.97. The predicted octanol–water partition coefficient (Wildman–Crippen LogP) is 4.62. The van der Waals surface area contributed by atoms with Gasteiger partial charge in [0, 0.05) is 6.54 Å². The van der Waals surface area contributed by atoms with Gasteiger partial charge in [-0.15, -0.1) is 0 Å². The van der Waals surface area contributed by atoms with Crippen LogP contribution in [0.4, 0.5) is 0 Å². The van der Waals surface area contributed by atoms with Crippen molar-refractivity contribution in [1.82, 2.24) is 9.55 Å². The van der Waals surface area contributed by atoms with E-state index in [1.165, 1.54) is 11.1 Å².